The molecule has 0 saturated heterocycles. The number of aryl methyl sites for hydroxylation is 1. The third-order valence-electron chi connectivity index (χ3n) is 4.82. The van der Waals surface area contributed by atoms with Gasteiger partial charge in [0, 0.05) is 5.56 Å². The topological polar surface area (TPSA) is 43.1 Å². The maximum Gasteiger partial charge on any atom is 0.249 e. The molecule has 104 valence electrons. The van der Waals surface area contributed by atoms with Crippen LogP contribution in [0.15, 0.2) is 30.3 Å². The van der Waals surface area contributed by atoms with Crippen LogP contribution < -0.4 is 5.73 Å². The number of nitrogens with two attached hydrogens (primary N) is 1. The molecule has 2 aromatic carbocycles. The van der Waals surface area contributed by atoms with Gasteiger partial charge in [0.2, 0.25) is 5.91 Å². The van der Waals surface area contributed by atoms with Crippen molar-refractivity contribution in [3.63, 3.8) is 0 Å². The Balaban J connectivity index is 2.07. The molecule has 0 unspecified atom stereocenters. The number of benzene rings is 2. The molecule has 2 bridgehead atoms. The Morgan fingerprint density at radius 2 is 2.05 bits per heavy atom. The van der Waals surface area contributed by atoms with E-state index < -0.39 is 0 Å². The number of hydrogen-bond acceptors (Lipinski definition) is 1. The van der Waals surface area contributed by atoms with Gasteiger partial charge in [-0.2, -0.15) is 0 Å². The van der Waals surface area contributed by atoms with Crippen LogP contribution in [-0.2, 0) is 19.3 Å². The molecule has 0 saturated carbocycles. The van der Waals surface area contributed by atoms with Crippen LogP contribution in [0.3, 0.4) is 0 Å². The molecule has 0 heterocycles. The summed E-state index contributed by atoms with van der Waals surface area (Å²) in [6, 6.07) is 8.35. The van der Waals surface area contributed by atoms with Gasteiger partial charge in [0.05, 0.1) is 0 Å². The van der Waals surface area contributed by atoms with Gasteiger partial charge in [0.1, 0.15) is 0 Å². The number of amides is 1. The minimum Gasteiger partial charge on any atom is -0.366 e. The highest BCUT2D eigenvalue weighted by molar-refractivity contribution is 6.03. The first-order valence-corrected chi connectivity index (χ1v) is 7.41. The van der Waals surface area contributed by atoms with E-state index in [0.29, 0.717) is 5.56 Å². The maximum atomic E-state index is 11.9. The van der Waals surface area contributed by atoms with Crippen molar-refractivity contribution in [1.29, 1.82) is 0 Å². The number of carbonyl (C=O) groups is 1. The van der Waals surface area contributed by atoms with Crippen molar-refractivity contribution in [2.45, 2.75) is 26.2 Å². The van der Waals surface area contributed by atoms with E-state index in [4.69, 9.17) is 5.73 Å². The Morgan fingerprint density at radius 3 is 2.86 bits per heavy atom. The molecule has 21 heavy (non-hydrogen) atoms. The quantitative estimate of drug-likeness (QED) is 0.896. The largest absolute Gasteiger partial charge is 0.366 e. The second-order valence-corrected chi connectivity index (χ2v) is 5.91. The van der Waals surface area contributed by atoms with E-state index in [9.17, 15) is 4.79 Å². The van der Waals surface area contributed by atoms with E-state index in [-0.39, 0.29) is 5.91 Å². The summed E-state index contributed by atoms with van der Waals surface area (Å²) in [4.78, 5) is 11.9. The number of rotatable bonds is 2. The molecule has 0 fully saturated rings. The molecule has 2 aliphatic rings. The van der Waals surface area contributed by atoms with Crippen LogP contribution in [0.1, 0.15) is 38.2 Å². The number of allylic oxidation sites excluding steroid dienone is 1. The molecular weight excluding hydrogens is 258 g/mol. The van der Waals surface area contributed by atoms with Crippen molar-refractivity contribution in [3.8, 4) is 11.1 Å². The number of fused-ring (bicyclic) bond motifs is 3. The van der Waals surface area contributed by atoms with E-state index in [1.807, 2.05) is 6.07 Å². The van der Waals surface area contributed by atoms with Crippen LogP contribution >= 0.6 is 0 Å². The van der Waals surface area contributed by atoms with Gasteiger partial charge in [0.15, 0.2) is 0 Å². The van der Waals surface area contributed by atoms with Gasteiger partial charge in [-0.25, -0.2) is 0 Å². The molecule has 0 radical (unpaired) electrons. The van der Waals surface area contributed by atoms with Crippen LogP contribution in [0.25, 0.3) is 17.2 Å². The summed E-state index contributed by atoms with van der Waals surface area (Å²) in [5, 5.41) is 0. The van der Waals surface area contributed by atoms with Gasteiger partial charge >= 0.3 is 0 Å². The highest BCUT2D eigenvalue weighted by Gasteiger charge is 2.25. The lowest BCUT2D eigenvalue weighted by Crippen LogP contribution is -2.14. The Kier molecular flexibility index (Phi) is 2.55. The van der Waals surface area contributed by atoms with Crippen LogP contribution in [0.2, 0.25) is 0 Å². The molecule has 2 heteroatoms. The molecule has 0 aromatic heterocycles. The lowest BCUT2D eigenvalue weighted by Gasteiger charge is -2.16. The zero-order chi connectivity index (χ0) is 14.6. The second kappa shape index (κ2) is 4.32. The van der Waals surface area contributed by atoms with E-state index in [0.717, 1.165) is 30.4 Å². The van der Waals surface area contributed by atoms with Crippen molar-refractivity contribution in [3.05, 3.63) is 63.7 Å². The average molecular weight is 275 g/mol. The first-order valence-electron chi connectivity index (χ1n) is 7.41. The summed E-state index contributed by atoms with van der Waals surface area (Å²) in [7, 11) is 0. The average Bonchev–Trinajstić information content (AvgIpc) is 3.01. The number of primary amides is 1. The molecular formula is C19H17NO. The van der Waals surface area contributed by atoms with Crippen LogP contribution in [0.4, 0.5) is 0 Å². The first-order chi connectivity index (χ1) is 10.2. The molecule has 4 rings (SSSR count). The van der Waals surface area contributed by atoms with E-state index in [1.165, 1.54) is 27.8 Å². The first kappa shape index (κ1) is 12.4. The third-order valence-corrected chi connectivity index (χ3v) is 4.82. The summed E-state index contributed by atoms with van der Waals surface area (Å²) in [6.45, 7) is 2.16. The number of carbonyl (C=O) groups excluding carboxylic acids is 1. The Labute approximate surface area is 124 Å². The lowest BCUT2D eigenvalue weighted by atomic mass is 9.88. The Morgan fingerprint density at radius 1 is 1.19 bits per heavy atom. The van der Waals surface area contributed by atoms with E-state index in [2.05, 4.69) is 37.3 Å². The Hall–Kier alpha value is -2.35. The van der Waals surface area contributed by atoms with Gasteiger partial charge in [-0.3, -0.25) is 4.79 Å². The Bertz CT molecular complexity index is 815. The highest BCUT2D eigenvalue weighted by Crippen LogP contribution is 2.40. The monoisotopic (exact) mass is 275 g/mol. The SMILES string of the molecule is Cc1c2cc(C(N)=O)c(-c3cccc4c3C=CC4)c1CC2. The molecule has 2 aromatic rings. The summed E-state index contributed by atoms with van der Waals surface area (Å²) < 4.78 is 0. The molecule has 2 aliphatic carbocycles. The van der Waals surface area contributed by atoms with Crippen molar-refractivity contribution >= 4 is 12.0 Å². The van der Waals surface area contributed by atoms with Crippen LogP contribution in [0.5, 0.6) is 0 Å². The van der Waals surface area contributed by atoms with Crippen LogP contribution in [0, 0.1) is 6.92 Å². The summed E-state index contributed by atoms with van der Waals surface area (Å²) in [5.41, 5.74) is 15.0. The van der Waals surface area contributed by atoms with Gasteiger partial charge in [0.25, 0.3) is 0 Å². The fourth-order valence-corrected chi connectivity index (χ4v) is 3.74. The lowest BCUT2D eigenvalue weighted by molar-refractivity contribution is 0.100. The molecule has 2 N–H and O–H groups in total. The summed E-state index contributed by atoms with van der Waals surface area (Å²) in [6.07, 6.45) is 7.35. The number of hydrogen-bond donors (Lipinski definition) is 1. The van der Waals surface area contributed by atoms with Crippen molar-refractivity contribution < 1.29 is 4.79 Å². The van der Waals surface area contributed by atoms with Gasteiger partial charge in [-0.1, -0.05) is 30.4 Å². The minimum atomic E-state index is -0.325. The molecule has 1 amide bonds. The van der Waals surface area contributed by atoms with E-state index >= 15 is 0 Å². The van der Waals surface area contributed by atoms with Crippen LogP contribution in [-0.4, -0.2) is 5.91 Å². The zero-order valence-electron chi connectivity index (χ0n) is 12.1. The predicted octanol–water partition coefficient (Wildman–Crippen LogP) is 3.43. The standard InChI is InChI=1S/C19H17NO/c1-11-13-8-9-14(11)18(17(10-13)19(20)21)16-7-3-5-12-4-2-6-15(12)16/h2-3,5-7,10H,4,8-9H2,1H3,(H2,20,21). The summed E-state index contributed by atoms with van der Waals surface area (Å²) in [5.74, 6) is -0.325. The predicted molar refractivity (Wildman–Crippen MR) is 85.3 cm³/mol. The van der Waals surface area contributed by atoms with Crippen molar-refractivity contribution in [2.75, 3.05) is 0 Å². The fraction of sp³-hybridized carbons (Fsp3) is 0.211. The minimum absolute atomic E-state index is 0.325. The third kappa shape index (κ3) is 1.69. The molecule has 0 spiro atoms. The molecule has 0 atom stereocenters. The van der Waals surface area contributed by atoms with Crippen molar-refractivity contribution in [2.24, 2.45) is 5.73 Å². The zero-order valence-corrected chi connectivity index (χ0v) is 12.1. The second-order valence-electron chi connectivity index (χ2n) is 5.91. The fourth-order valence-electron chi connectivity index (χ4n) is 3.74. The molecule has 0 aliphatic heterocycles. The highest BCUT2D eigenvalue weighted by atomic mass is 16.1. The summed E-state index contributed by atoms with van der Waals surface area (Å²) >= 11 is 0. The smallest absolute Gasteiger partial charge is 0.249 e. The van der Waals surface area contributed by atoms with Gasteiger partial charge in [-0.15, -0.1) is 0 Å². The van der Waals surface area contributed by atoms with Crippen molar-refractivity contribution in [1.82, 2.24) is 0 Å². The molecule has 2 nitrogen and oxygen atoms in total. The van der Waals surface area contributed by atoms with E-state index in [1.54, 1.807) is 0 Å². The van der Waals surface area contributed by atoms with Gasteiger partial charge in [-0.05, 0) is 71.2 Å². The maximum absolute atomic E-state index is 11.9. The normalized spacial score (nSPS) is 14.5. The van der Waals surface area contributed by atoms with Gasteiger partial charge < -0.3 is 5.73 Å².